The van der Waals surface area contributed by atoms with E-state index in [-0.39, 0.29) is 21.8 Å². The highest BCUT2D eigenvalue weighted by Crippen LogP contribution is 2.52. The second-order valence-corrected chi connectivity index (χ2v) is 5.81. The molecule has 0 radical (unpaired) electrons. The Balaban J connectivity index is 2.18. The van der Waals surface area contributed by atoms with Crippen molar-refractivity contribution < 1.29 is 4.39 Å². The number of benzene rings is 1. The summed E-state index contributed by atoms with van der Waals surface area (Å²) < 4.78 is 14.0. The third-order valence-electron chi connectivity index (χ3n) is 4.00. The maximum absolute atomic E-state index is 14.0. The van der Waals surface area contributed by atoms with E-state index in [2.05, 4.69) is 19.2 Å². The van der Waals surface area contributed by atoms with Crippen molar-refractivity contribution in [3.8, 4) is 0 Å². The molecule has 0 saturated heterocycles. The first-order valence-electron chi connectivity index (χ1n) is 6.14. The van der Waals surface area contributed by atoms with Gasteiger partial charge in [-0.2, -0.15) is 0 Å². The summed E-state index contributed by atoms with van der Waals surface area (Å²) in [5.74, 6) is 0.00672. The average molecular weight is 272 g/mol. The Bertz CT molecular complexity index is 470. The minimum atomic E-state index is -0.561. The summed E-state index contributed by atoms with van der Waals surface area (Å²) in [5, 5.41) is 3.02. The van der Waals surface area contributed by atoms with E-state index in [0.717, 1.165) is 0 Å². The van der Waals surface area contributed by atoms with Crippen LogP contribution in [0.4, 0.5) is 21.5 Å². The van der Waals surface area contributed by atoms with Crippen molar-refractivity contribution in [2.45, 2.75) is 26.7 Å². The number of nitrogens with two attached hydrogens (primary N) is 2. The van der Waals surface area contributed by atoms with Crippen LogP contribution in [-0.4, -0.2) is 6.54 Å². The number of hydrogen-bond acceptors (Lipinski definition) is 3. The number of halogens is 2. The third kappa shape index (κ3) is 2.21. The van der Waals surface area contributed by atoms with E-state index in [1.54, 1.807) is 0 Å². The Hall–Kier alpha value is -1.16. The maximum Gasteiger partial charge on any atom is 0.169 e. The largest absolute Gasteiger partial charge is 0.397 e. The van der Waals surface area contributed by atoms with Crippen molar-refractivity contribution in [3.05, 3.63) is 16.9 Å². The summed E-state index contributed by atoms with van der Waals surface area (Å²) in [6, 6.07) is 1.49. The fourth-order valence-corrected chi connectivity index (χ4v) is 2.38. The zero-order chi connectivity index (χ0) is 13.5. The summed E-state index contributed by atoms with van der Waals surface area (Å²) in [6.45, 7) is 5.08. The van der Waals surface area contributed by atoms with Crippen molar-refractivity contribution in [1.82, 2.24) is 0 Å². The van der Waals surface area contributed by atoms with E-state index in [1.807, 2.05) is 0 Å². The minimum absolute atomic E-state index is 0.0684. The van der Waals surface area contributed by atoms with Gasteiger partial charge in [-0.15, -0.1) is 0 Å². The van der Waals surface area contributed by atoms with Crippen molar-refractivity contribution in [3.63, 3.8) is 0 Å². The Morgan fingerprint density at radius 3 is 2.50 bits per heavy atom. The van der Waals surface area contributed by atoms with Gasteiger partial charge in [-0.1, -0.05) is 25.4 Å². The first-order chi connectivity index (χ1) is 8.37. The van der Waals surface area contributed by atoms with Gasteiger partial charge in [0.2, 0.25) is 0 Å². The first kappa shape index (κ1) is 13.3. The van der Waals surface area contributed by atoms with Crippen LogP contribution in [0.25, 0.3) is 0 Å². The minimum Gasteiger partial charge on any atom is -0.397 e. The van der Waals surface area contributed by atoms with Crippen LogP contribution in [0.1, 0.15) is 26.7 Å². The fraction of sp³-hybridized carbons (Fsp3) is 0.538. The number of nitrogens with one attached hydrogen (secondary N) is 1. The molecule has 18 heavy (non-hydrogen) atoms. The molecule has 1 aromatic rings. The van der Waals surface area contributed by atoms with E-state index in [0.29, 0.717) is 18.2 Å². The highest BCUT2D eigenvalue weighted by Gasteiger charge is 2.45. The second-order valence-electron chi connectivity index (χ2n) is 5.43. The molecule has 0 aromatic heterocycles. The van der Waals surface area contributed by atoms with Gasteiger partial charge >= 0.3 is 0 Å². The molecule has 2 rings (SSSR count). The summed E-state index contributed by atoms with van der Waals surface area (Å²) in [6.07, 6.45) is 2.34. The number of hydrogen-bond donors (Lipinski definition) is 3. The molecule has 0 bridgehead atoms. The Kier molecular flexibility index (Phi) is 3.32. The van der Waals surface area contributed by atoms with Gasteiger partial charge in [0.1, 0.15) is 5.02 Å². The molecule has 100 valence electrons. The van der Waals surface area contributed by atoms with Gasteiger partial charge < -0.3 is 16.8 Å². The number of nitrogen functional groups attached to an aromatic ring is 2. The monoisotopic (exact) mass is 271 g/mol. The van der Waals surface area contributed by atoms with E-state index in [1.165, 1.54) is 18.9 Å². The lowest BCUT2D eigenvalue weighted by atomic mass is 9.92. The smallest absolute Gasteiger partial charge is 0.169 e. The van der Waals surface area contributed by atoms with Gasteiger partial charge in [-0.25, -0.2) is 4.39 Å². The zero-order valence-electron chi connectivity index (χ0n) is 10.7. The topological polar surface area (TPSA) is 64.1 Å². The molecule has 3 nitrogen and oxygen atoms in total. The molecular weight excluding hydrogens is 253 g/mol. The standard InChI is InChI=1S/C13H19ClFN3/c1-7(2)13(3-4-13)6-18-12-9(17)5-8(16)10(14)11(12)15/h5,7,18H,3-4,6,16-17H2,1-2H3. The van der Waals surface area contributed by atoms with Crippen LogP contribution in [0, 0.1) is 17.2 Å². The van der Waals surface area contributed by atoms with Crippen molar-refractivity contribution in [1.29, 1.82) is 0 Å². The molecule has 0 heterocycles. The Morgan fingerprint density at radius 2 is 2.00 bits per heavy atom. The molecule has 0 unspecified atom stereocenters. The van der Waals surface area contributed by atoms with E-state index < -0.39 is 5.82 Å². The normalized spacial score (nSPS) is 16.9. The first-order valence-corrected chi connectivity index (χ1v) is 6.52. The second kappa shape index (κ2) is 4.50. The van der Waals surface area contributed by atoms with Gasteiger partial charge in [-0.05, 0) is 30.2 Å². The predicted molar refractivity (Wildman–Crippen MR) is 75.2 cm³/mol. The van der Waals surface area contributed by atoms with Crippen LogP contribution in [0.2, 0.25) is 5.02 Å². The maximum atomic E-state index is 14.0. The van der Waals surface area contributed by atoms with Crippen LogP contribution in [0.5, 0.6) is 0 Å². The van der Waals surface area contributed by atoms with E-state index >= 15 is 0 Å². The lowest BCUT2D eigenvalue weighted by Gasteiger charge is -2.22. The Labute approximate surface area is 112 Å². The van der Waals surface area contributed by atoms with Gasteiger partial charge in [0.25, 0.3) is 0 Å². The van der Waals surface area contributed by atoms with E-state index in [9.17, 15) is 4.39 Å². The zero-order valence-corrected chi connectivity index (χ0v) is 11.4. The van der Waals surface area contributed by atoms with Crippen LogP contribution >= 0.6 is 11.6 Å². The van der Waals surface area contributed by atoms with Gasteiger partial charge in [0.05, 0.1) is 17.1 Å². The molecule has 1 fully saturated rings. The quantitative estimate of drug-likeness (QED) is 0.735. The third-order valence-corrected chi connectivity index (χ3v) is 4.38. The van der Waals surface area contributed by atoms with Gasteiger partial charge in [0, 0.05) is 6.54 Å². The molecule has 5 N–H and O–H groups in total. The van der Waals surface area contributed by atoms with Crippen LogP contribution < -0.4 is 16.8 Å². The summed E-state index contributed by atoms with van der Waals surface area (Å²) >= 11 is 5.79. The molecule has 1 aliphatic rings. The molecular formula is C13H19ClFN3. The van der Waals surface area contributed by atoms with E-state index in [4.69, 9.17) is 23.1 Å². The summed E-state index contributed by atoms with van der Waals surface area (Å²) in [5.41, 5.74) is 12.3. The average Bonchev–Trinajstić information content (AvgIpc) is 3.07. The molecule has 0 spiro atoms. The molecule has 0 atom stereocenters. The molecule has 1 saturated carbocycles. The van der Waals surface area contributed by atoms with Crippen molar-refractivity contribution in [2.75, 3.05) is 23.3 Å². The lowest BCUT2D eigenvalue weighted by molar-refractivity contribution is 0.379. The SMILES string of the molecule is CC(C)C1(CNc2c(N)cc(N)c(Cl)c2F)CC1. The molecule has 1 aliphatic carbocycles. The van der Waals surface area contributed by atoms with Crippen LogP contribution in [-0.2, 0) is 0 Å². The van der Waals surface area contributed by atoms with Gasteiger partial charge in [0.15, 0.2) is 5.82 Å². The van der Waals surface area contributed by atoms with Crippen LogP contribution in [0.3, 0.4) is 0 Å². The highest BCUT2D eigenvalue weighted by molar-refractivity contribution is 6.33. The molecule has 1 aromatic carbocycles. The molecule has 0 amide bonds. The van der Waals surface area contributed by atoms with Gasteiger partial charge in [-0.3, -0.25) is 0 Å². The number of anilines is 3. The summed E-state index contributed by atoms with van der Waals surface area (Å²) in [4.78, 5) is 0. The number of rotatable bonds is 4. The van der Waals surface area contributed by atoms with Crippen LogP contribution in [0.15, 0.2) is 6.07 Å². The molecule has 5 heteroatoms. The highest BCUT2D eigenvalue weighted by atomic mass is 35.5. The molecule has 0 aliphatic heterocycles. The lowest BCUT2D eigenvalue weighted by Crippen LogP contribution is -2.22. The summed E-state index contributed by atoms with van der Waals surface area (Å²) in [7, 11) is 0. The van der Waals surface area contributed by atoms with Crippen molar-refractivity contribution >= 4 is 28.7 Å². The van der Waals surface area contributed by atoms with Crippen molar-refractivity contribution in [2.24, 2.45) is 11.3 Å². The fourth-order valence-electron chi connectivity index (χ4n) is 2.23. The predicted octanol–water partition coefficient (Wildman–Crippen LogP) is 3.49. The Morgan fingerprint density at radius 1 is 1.39 bits per heavy atom.